The Kier molecular flexibility index (Phi) is 3.41. The van der Waals surface area contributed by atoms with E-state index in [0.29, 0.717) is 6.42 Å². The molecular weight excluding hydrogens is 228 g/mol. The fourth-order valence-electron chi connectivity index (χ4n) is 3.48. The molecule has 2 aliphatic rings. The Morgan fingerprint density at radius 3 is 2.61 bits per heavy atom. The minimum Gasteiger partial charge on any atom is -0.390 e. The molecule has 0 amide bonds. The van der Waals surface area contributed by atoms with Crippen molar-refractivity contribution in [2.45, 2.75) is 65.1 Å². The van der Waals surface area contributed by atoms with Crippen molar-refractivity contribution in [2.24, 2.45) is 10.8 Å². The van der Waals surface area contributed by atoms with E-state index in [4.69, 9.17) is 0 Å². The molecule has 0 aliphatic heterocycles. The minimum atomic E-state index is -0.807. The third kappa shape index (κ3) is 2.14. The van der Waals surface area contributed by atoms with Crippen molar-refractivity contribution in [1.82, 2.24) is 0 Å². The maximum atomic E-state index is 12.8. The summed E-state index contributed by atoms with van der Waals surface area (Å²) >= 11 is 0. The van der Waals surface area contributed by atoms with E-state index in [1.165, 1.54) is 0 Å². The quantitative estimate of drug-likeness (QED) is 0.703. The fraction of sp³-hybridized carbons (Fsp3) is 0.800. The lowest BCUT2D eigenvalue weighted by molar-refractivity contribution is -0.139. The first-order valence-corrected chi connectivity index (χ1v) is 6.89. The van der Waals surface area contributed by atoms with Crippen LogP contribution in [0.25, 0.3) is 0 Å². The van der Waals surface area contributed by atoms with Gasteiger partial charge in [0, 0.05) is 5.41 Å². The predicted molar refractivity (Wildman–Crippen MR) is 70.1 cm³/mol. The van der Waals surface area contributed by atoms with Crippen molar-refractivity contribution >= 4 is 5.78 Å². The molecule has 102 valence electrons. The second-order valence-corrected chi connectivity index (χ2v) is 6.82. The maximum Gasteiger partial charge on any atom is 0.148 e. The summed E-state index contributed by atoms with van der Waals surface area (Å²) in [7, 11) is 0. The van der Waals surface area contributed by atoms with Crippen LogP contribution in [0.15, 0.2) is 11.6 Å². The molecule has 0 spiro atoms. The van der Waals surface area contributed by atoms with Gasteiger partial charge in [0.05, 0.1) is 17.6 Å². The predicted octanol–water partition coefficient (Wildman–Crippen LogP) is 2.21. The summed E-state index contributed by atoms with van der Waals surface area (Å²) in [5.74, 6) is 0.215. The molecular formula is C15H24O3. The second-order valence-electron chi connectivity index (χ2n) is 6.82. The molecule has 2 aliphatic carbocycles. The normalized spacial score (nSPS) is 36.8. The van der Waals surface area contributed by atoms with Crippen molar-refractivity contribution in [2.75, 3.05) is 0 Å². The number of aliphatic hydroxyl groups is 2. The number of ketones is 1. The Morgan fingerprint density at radius 1 is 1.33 bits per heavy atom. The van der Waals surface area contributed by atoms with E-state index in [2.05, 4.69) is 0 Å². The molecule has 0 aromatic rings. The first-order valence-electron chi connectivity index (χ1n) is 6.89. The number of carbonyl (C=O) groups excluding carboxylic acids is 1. The third-order valence-electron chi connectivity index (χ3n) is 4.35. The van der Waals surface area contributed by atoms with Gasteiger partial charge in [-0.15, -0.1) is 0 Å². The number of hydrogen-bond acceptors (Lipinski definition) is 3. The highest BCUT2D eigenvalue weighted by molar-refractivity contribution is 5.92. The molecule has 0 aromatic heterocycles. The number of hydrogen-bond donors (Lipinski definition) is 2. The van der Waals surface area contributed by atoms with Gasteiger partial charge in [-0.25, -0.2) is 0 Å². The smallest absolute Gasteiger partial charge is 0.148 e. The van der Waals surface area contributed by atoms with Crippen LogP contribution >= 0.6 is 0 Å². The second kappa shape index (κ2) is 4.46. The summed E-state index contributed by atoms with van der Waals surface area (Å²) in [5, 5.41) is 19.7. The van der Waals surface area contributed by atoms with E-state index in [1.807, 2.05) is 20.8 Å². The minimum absolute atomic E-state index is 0.215. The van der Waals surface area contributed by atoms with E-state index in [0.717, 1.165) is 31.3 Å². The van der Waals surface area contributed by atoms with Crippen LogP contribution in [0.3, 0.4) is 0 Å². The van der Waals surface area contributed by atoms with Gasteiger partial charge in [0.2, 0.25) is 0 Å². The molecule has 1 saturated carbocycles. The first-order chi connectivity index (χ1) is 8.27. The highest BCUT2D eigenvalue weighted by atomic mass is 16.3. The van der Waals surface area contributed by atoms with E-state index in [-0.39, 0.29) is 5.78 Å². The number of aliphatic hydroxyl groups excluding tert-OH is 2. The zero-order valence-corrected chi connectivity index (χ0v) is 11.6. The van der Waals surface area contributed by atoms with Crippen LogP contribution in [-0.4, -0.2) is 28.2 Å². The van der Waals surface area contributed by atoms with E-state index < -0.39 is 23.0 Å². The standard InChI is InChI=1S/C15H24O3/c1-14(2,3)13(18)15-7-5-4-6-10(15)8-11(16)12(17)9-15/h8,11-12,16-17H,4-7,9H2,1-3H3/t11?,12?,15-/m1/s1. The van der Waals surface area contributed by atoms with E-state index in [1.54, 1.807) is 6.08 Å². The van der Waals surface area contributed by atoms with Crippen molar-refractivity contribution in [3.05, 3.63) is 11.6 Å². The summed E-state index contributed by atoms with van der Waals surface area (Å²) in [6.07, 6.45) is 4.31. The summed E-state index contributed by atoms with van der Waals surface area (Å²) in [5.41, 5.74) is 0.139. The molecule has 2 unspecified atom stereocenters. The van der Waals surface area contributed by atoms with Gasteiger partial charge in [-0.1, -0.05) is 38.8 Å². The molecule has 3 heteroatoms. The van der Waals surface area contributed by atoms with Gasteiger partial charge in [0.15, 0.2) is 0 Å². The number of allylic oxidation sites excluding steroid dienone is 1. The highest BCUT2D eigenvalue weighted by Crippen LogP contribution is 2.51. The topological polar surface area (TPSA) is 57.5 Å². The number of Topliss-reactive ketones (excluding diaryl/α,β-unsaturated/α-hetero) is 1. The van der Waals surface area contributed by atoms with Crippen LogP contribution in [0.5, 0.6) is 0 Å². The van der Waals surface area contributed by atoms with Crippen LogP contribution < -0.4 is 0 Å². The Morgan fingerprint density at radius 2 is 2.00 bits per heavy atom. The lowest BCUT2D eigenvalue weighted by Gasteiger charge is -2.46. The van der Waals surface area contributed by atoms with Crippen LogP contribution in [0.1, 0.15) is 52.9 Å². The molecule has 0 radical (unpaired) electrons. The number of carbonyl (C=O) groups is 1. The van der Waals surface area contributed by atoms with Gasteiger partial charge in [-0.2, -0.15) is 0 Å². The molecule has 2 N–H and O–H groups in total. The van der Waals surface area contributed by atoms with Crippen LogP contribution in [0.2, 0.25) is 0 Å². The maximum absolute atomic E-state index is 12.8. The lowest BCUT2D eigenvalue weighted by atomic mass is 9.57. The fourth-order valence-corrected chi connectivity index (χ4v) is 3.48. The molecule has 0 aromatic carbocycles. The molecule has 0 saturated heterocycles. The zero-order chi connectivity index (χ0) is 13.6. The van der Waals surface area contributed by atoms with Crippen LogP contribution in [-0.2, 0) is 4.79 Å². The molecule has 1 fully saturated rings. The van der Waals surface area contributed by atoms with Gasteiger partial charge in [-0.3, -0.25) is 4.79 Å². The largest absolute Gasteiger partial charge is 0.390 e. The monoisotopic (exact) mass is 252 g/mol. The molecule has 0 heterocycles. The molecule has 3 atom stereocenters. The average Bonchev–Trinajstić information content (AvgIpc) is 2.28. The number of rotatable bonds is 1. The van der Waals surface area contributed by atoms with E-state index >= 15 is 0 Å². The zero-order valence-electron chi connectivity index (χ0n) is 11.6. The van der Waals surface area contributed by atoms with Crippen molar-refractivity contribution in [1.29, 1.82) is 0 Å². The first kappa shape index (κ1) is 13.8. The molecule has 3 nitrogen and oxygen atoms in total. The number of fused-ring (bicyclic) bond motifs is 1. The van der Waals surface area contributed by atoms with E-state index in [9.17, 15) is 15.0 Å². The summed E-state index contributed by atoms with van der Waals surface area (Å²) < 4.78 is 0. The SMILES string of the molecule is CC(C)(C)C(=O)[C@@]12CCCCC1=CC(O)C(O)C2. The molecule has 18 heavy (non-hydrogen) atoms. The Hall–Kier alpha value is -0.670. The van der Waals surface area contributed by atoms with Gasteiger partial charge in [0.1, 0.15) is 5.78 Å². The van der Waals surface area contributed by atoms with Gasteiger partial charge >= 0.3 is 0 Å². The van der Waals surface area contributed by atoms with Crippen molar-refractivity contribution < 1.29 is 15.0 Å². The third-order valence-corrected chi connectivity index (χ3v) is 4.35. The highest BCUT2D eigenvalue weighted by Gasteiger charge is 2.50. The van der Waals surface area contributed by atoms with Crippen molar-refractivity contribution in [3.8, 4) is 0 Å². The Balaban J connectivity index is 2.43. The summed E-state index contributed by atoms with van der Waals surface area (Å²) in [6.45, 7) is 5.81. The lowest BCUT2D eigenvalue weighted by Crippen LogP contribution is -2.49. The van der Waals surface area contributed by atoms with Gasteiger partial charge in [-0.05, 0) is 25.7 Å². The van der Waals surface area contributed by atoms with Gasteiger partial charge < -0.3 is 10.2 Å². The van der Waals surface area contributed by atoms with Gasteiger partial charge in [0.25, 0.3) is 0 Å². The van der Waals surface area contributed by atoms with Crippen molar-refractivity contribution in [3.63, 3.8) is 0 Å². The van der Waals surface area contributed by atoms with Crippen LogP contribution in [0, 0.1) is 10.8 Å². The Labute approximate surface area is 109 Å². The average molecular weight is 252 g/mol. The Bertz CT molecular complexity index is 378. The molecule has 0 bridgehead atoms. The summed E-state index contributed by atoms with van der Waals surface area (Å²) in [4.78, 5) is 12.8. The van der Waals surface area contributed by atoms with Crippen LogP contribution in [0.4, 0.5) is 0 Å². The summed E-state index contributed by atoms with van der Waals surface area (Å²) in [6, 6.07) is 0. The molecule has 2 rings (SSSR count).